The highest BCUT2D eigenvalue weighted by Crippen LogP contribution is 2.45. The fourth-order valence-electron chi connectivity index (χ4n) is 3.74. The first kappa shape index (κ1) is 19.7. The van der Waals surface area contributed by atoms with Crippen molar-refractivity contribution in [1.29, 1.82) is 5.26 Å². The molecule has 0 saturated carbocycles. The Labute approximate surface area is 170 Å². The van der Waals surface area contributed by atoms with Crippen molar-refractivity contribution in [1.82, 2.24) is 9.88 Å². The Morgan fingerprint density at radius 3 is 2.93 bits per heavy atom. The van der Waals surface area contributed by atoms with Gasteiger partial charge in [-0.25, -0.2) is 18.8 Å². The van der Waals surface area contributed by atoms with Gasteiger partial charge < -0.3 is 15.2 Å². The third kappa shape index (κ3) is 3.13. The van der Waals surface area contributed by atoms with Crippen LogP contribution in [0.3, 0.4) is 0 Å². The van der Waals surface area contributed by atoms with Crippen molar-refractivity contribution in [2.75, 3.05) is 20.3 Å². The molecule has 10 heteroatoms. The van der Waals surface area contributed by atoms with E-state index in [0.717, 1.165) is 6.07 Å². The monoisotopic (exact) mass is 413 g/mol. The van der Waals surface area contributed by atoms with Gasteiger partial charge >= 0.3 is 0 Å². The van der Waals surface area contributed by atoms with Crippen molar-refractivity contribution < 1.29 is 23.0 Å². The summed E-state index contributed by atoms with van der Waals surface area (Å²) in [6, 6.07) is 6.51. The first-order valence-electron chi connectivity index (χ1n) is 9.10. The van der Waals surface area contributed by atoms with Gasteiger partial charge in [0.05, 0.1) is 24.2 Å². The fraction of sp³-hybridized carbons (Fsp3) is 0.300. The van der Waals surface area contributed by atoms with Gasteiger partial charge in [0.2, 0.25) is 11.8 Å². The molecule has 30 heavy (non-hydrogen) atoms. The number of hydrogen-bond acceptors (Lipinski definition) is 7. The summed E-state index contributed by atoms with van der Waals surface area (Å²) in [6.45, 7) is 0.209. The highest BCUT2D eigenvalue weighted by Gasteiger charge is 2.53. The molecule has 1 unspecified atom stereocenters. The normalized spacial score (nSPS) is 23.4. The largest absolute Gasteiger partial charge is 0.436 e. The van der Waals surface area contributed by atoms with Gasteiger partial charge in [-0.3, -0.25) is 9.69 Å². The lowest BCUT2D eigenvalue weighted by atomic mass is 9.74. The van der Waals surface area contributed by atoms with Gasteiger partial charge in [-0.05, 0) is 18.6 Å². The van der Waals surface area contributed by atoms with Crippen LogP contribution in [-0.4, -0.2) is 42.0 Å². The van der Waals surface area contributed by atoms with Gasteiger partial charge in [0.1, 0.15) is 11.4 Å². The number of nitriles is 1. The lowest BCUT2D eigenvalue weighted by Gasteiger charge is -2.45. The molecule has 1 saturated heterocycles. The lowest BCUT2D eigenvalue weighted by molar-refractivity contribution is -0.140. The average molecular weight is 413 g/mol. The number of fused-ring (bicyclic) bond motifs is 1. The molecule has 2 aromatic rings. The summed E-state index contributed by atoms with van der Waals surface area (Å²) in [7, 11) is 1.49. The average Bonchev–Trinajstić information content (AvgIpc) is 2.74. The Hall–Kier alpha value is -3.58. The summed E-state index contributed by atoms with van der Waals surface area (Å²) in [5.74, 6) is -3.37. The van der Waals surface area contributed by atoms with Gasteiger partial charge in [-0.2, -0.15) is 5.26 Å². The number of nitrogens with two attached hydrogens (primary N) is 1. The van der Waals surface area contributed by atoms with Gasteiger partial charge in [0, 0.05) is 37.5 Å². The molecule has 2 aliphatic heterocycles. The summed E-state index contributed by atoms with van der Waals surface area (Å²) in [4.78, 5) is 22.4. The SMILES string of the molecule is CN1C(=O)C2CCOC[C@]2(c2cc(Oc3cc(C#N)ccn3)c(F)cc2F)N=C1N. The number of rotatable bonds is 3. The fourth-order valence-corrected chi connectivity index (χ4v) is 3.74. The highest BCUT2D eigenvalue weighted by molar-refractivity contribution is 6.00. The quantitative estimate of drug-likeness (QED) is 0.824. The molecule has 0 spiro atoms. The Balaban J connectivity index is 1.83. The zero-order valence-electron chi connectivity index (χ0n) is 15.9. The van der Waals surface area contributed by atoms with Gasteiger partial charge in [0.15, 0.2) is 17.5 Å². The number of ether oxygens (including phenoxy) is 2. The molecule has 1 amide bonds. The number of aromatic nitrogens is 1. The summed E-state index contributed by atoms with van der Waals surface area (Å²) >= 11 is 0. The standard InChI is InChI=1S/C20H17F2N5O3/c1-27-18(28)12-3-5-29-10-20(12,26-19(27)24)13-7-16(15(22)8-14(13)21)30-17-6-11(9-23)2-4-25-17/h2,4,6-8,12H,3,5,10H2,1H3,(H2,24,26)/t12?,20-/m0/s1. The van der Waals surface area contributed by atoms with E-state index < -0.39 is 23.1 Å². The summed E-state index contributed by atoms with van der Waals surface area (Å²) in [6.07, 6.45) is 1.64. The molecule has 4 rings (SSSR count). The van der Waals surface area contributed by atoms with E-state index >= 15 is 0 Å². The van der Waals surface area contributed by atoms with E-state index in [0.29, 0.717) is 19.1 Å². The number of nitrogens with zero attached hydrogens (tertiary/aromatic N) is 4. The van der Waals surface area contributed by atoms with Crippen LogP contribution in [0.5, 0.6) is 11.6 Å². The van der Waals surface area contributed by atoms with Gasteiger partial charge in [-0.1, -0.05) is 0 Å². The molecule has 3 heterocycles. The molecule has 1 fully saturated rings. The van der Waals surface area contributed by atoms with Crippen molar-refractivity contribution in [3.8, 4) is 17.7 Å². The second-order valence-electron chi connectivity index (χ2n) is 7.04. The number of halogens is 2. The number of carbonyl (C=O) groups is 1. The van der Waals surface area contributed by atoms with Crippen LogP contribution in [0.15, 0.2) is 35.5 Å². The van der Waals surface area contributed by atoms with Gasteiger partial charge in [0.25, 0.3) is 0 Å². The van der Waals surface area contributed by atoms with Crippen LogP contribution in [0.1, 0.15) is 17.5 Å². The van der Waals surface area contributed by atoms with E-state index in [-0.39, 0.29) is 41.2 Å². The number of benzene rings is 1. The number of hydrogen-bond donors (Lipinski definition) is 1. The number of guanidine groups is 1. The number of carbonyl (C=O) groups excluding carboxylic acids is 1. The molecule has 8 nitrogen and oxygen atoms in total. The molecule has 1 aromatic heterocycles. The molecule has 0 bridgehead atoms. The van der Waals surface area contributed by atoms with Crippen molar-refractivity contribution in [3.05, 3.63) is 53.2 Å². The van der Waals surface area contributed by atoms with E-state index in [1.54, 1.807) is 0 Å². The van der Waals surface area contributed by atoms with E-state index in [1.165, 1.54) is 30.3 Å². The maximum Gasteiger partial charge on any atom is 0.235 e. The topological polar surface area (TPSA) is 114 Å². The van der Waals surface area contributed by atoms with Crippen molar-refractivity contribution in [3.63, 3.8) is 0 Å². The summed E-state index contributed by atoms with van der Waals surface area (Å²) in [5, 5.41) is 9.00. The Morgan fingerprint density at radius 1 is 1.37 bits per heavy atom. The molecule has 2 atom stereocenters. The molecular weight excluding hydrogens is 396 g/mol. The van der Waals surface area contributed by atoms with Crippen LogP contribution < -0.4 is 10.5 Å². The second-order valence-corrected chi connectivity index (χ2v) is 7.04. The van der Waals surface area contributed by atoms with Crippen LogP contribution in [-0.2, 0) is 15.1 Å². The molecule has 1 aromatic carbocycles. The van der Waals surface area contributed by atoms with E-state index in [1.807, 2.05) is 6.07 Å². The maximum atomic E-state index is 14.9. The minimum Gasteiger partial charge on any atom is -0.436 e. The number of amides is 1. The molecular formula is C20H17F2N5O3. The first-order valence-corrected chi connectivity index (χ1v) is 9.10. The minimum absolute atomic E-state index is 0.0399. The molecule has 2 aliphatic rings. The van der Waals surface area contributed by atoms with E-state index in [4.69, 9.17) is 20.5 Å². The number of pyridine rings is 1. The molecule has 0 radical (unpaired) electrons. The Kier molecular flexibility index (Phi) is 4.83. The van der Waals surface area contributed by atoms with Crippen molar-refractivity contribution in [2.45, 2.75) is 12.0 Å². The van der Waals surface area contributed by atoms with Crippen LogP contribution in [0.4, 0.5) is 8.78 Å². The third-order valence-corrected chi connectivity index (χ3v) is 5.30. The smallest absolute Gasteiger partial charge is 0.235 e. The van der Waals surface area contributed by atoms with E-state index in [2.05, 4.69) is 9.98 Å². The number of aliphatic imine (C=N–C) groups is 1. The van der Waals surface area contributed by atoms with E-state index in [9.17, 15) is 13.6 Å². The minimum atomic E-state index is -1.44. The first-order chi connectivity index (χ1) is 14.4. The Morgan fingerprint density at radius 2 is 2.17 bits per heavy atom. The molecule has 2 N–H and O–H groups in total. The molecule has 0 aliphatic carbocycles. The summed E-state index contributed by atoms with van der Waals surface area (Å²) in [5.41, 5.74) is 4.66. The highest BCUT2D eigenvalue weighted by atomic mass is 19.1. The van der Waals surface area contributed by atoms with Crippen molar-refractivity contribution >= 4 is 11.9 Å². The lowest BCUT2D eigenvalue weighted by Crippen LogP contribution is -2.58. The van der Waals surface area contributed by atoms with Crippen LogP contribution >= 0.6 is 0 Å². The predicted molar refractivity (Wildman–Crippen MR) is 100 cm³/mol. The molecule has 154 valence electrons. The van der Waals surface area contributed by atoms with Crippen molar-refractivity contribution in [2.24, 2.45) is 16.6 Å². The van der Waals surface area contributed by atoms with Gasteiger partial charge in [-0.15, -0.1) is 0 Å². The van der Waals surface area contributed by atoms with Crippen LogP contribution in [0.2, 0.25) is 0 Å². The maximum absolute atomic E-state index is 14.9. The predicted octanol–water partition coefficient (Wildman–Crippen LogP) is 2.04. The van der Waals surface area contributed by atoms with Crippen LogP contribution in [0, 0.1) is 28.9 Å². The zero-order chi connectivity index (χ0) is 21.5. The zero-order valence-corrected chi connectivity index (χ0v) is 15.9. The third-order valence-electron chi connectivity index (χ3n) is 5.30. The Bertz CT molecular complexity index is 1100. The second kappa shape index (κ2) is 7.35. The summed E-state index contributed by atoms with van der Waals surface area (Å²) < 4.78 is 40.4. The van der Waals surface area contributed by atoms with Crippen LogP contribution in [0.25, 0.3) is 0 Å².